The van der Waals surface area contributed by atoms with E-state index in [1.54, 1.807) is 29.1 Å². The average molecular weight is 263 g/mol. The lowest BCUT2D eigenvalue weighted by molar-refractivity contribution is 0.102. The molecule has 0 atom stereocenters. The number of nitrogens with zero attached hydrogens (tertiary/aromatic N) is 3. The van der Waals surface area contributed by atoms with Gasteiger partial charge in [-0.2, -0.15) is 0 Å². The second-order valence-corrected chi connectivity index (χ2v) is 4.90. The molecule has 0 fully saturated rings. The first kappa shape index (κ1) is 12.6. The summed E-state index contributed by atoms with van der Waals surface area (Å²) in [5, 5.41) is 18.0. The number of rotatable bonds is 4. The van der Waals surface area contributed by atoms with Crippen LogP contribution in [0.1, 0.15) is 15.9 Å². The lowest BCUT2D eigenvalue weighted by atomic mass is 10.1. The van der Waals surface area contributed by atoms with Crippen molar-refractivity contribution in [1.82, 2.24) is 14.8 Å². The lowest BCUT2D eigenvalue weighted by Gasteiger charge is -2.04. The first-order chi connectivity index (χ1) is 8.58. The van der Waals surface area contributed by atoms with Gasteiger partial charge in [-0.25, -0.2) is 0 Å². The summed E-state index contributed by atoms with van der Waals surface area (Å²) < 4.78 is 1.74. The fraction of sp³-hybridized carbons (Fsp3) is 0.250. The third-order valence-corrected chi connectivity index (χ3v) is 3.49. The van der Waals surface area contributed by atoms with Crippen LogP contribution in [0.4, 0.5) is 0 Å². The van der Waals surface area contributed by atoms with Crippen LogP contribution in [0.3, 0.4) is 0 Å². The highest BCUT2D eigenvalue weighted by atomic mass is 32.2. The van der Waals surface area contributed by atoms with Crippen LogP contribution < -0.4 is 0 Å². The minimum absolute atomic E-state index is 0.0264. The molecule has 1 aromatic heterocycles. The van der Waals surface area contributed by atoms with E-state index in [-0.39, 0.29) is 17.3 Å². The zero-order chi connectivity index (χ0) is 13.1. The van der Waals surface area contributed by atoms with E-state index >= 15 is 0 Å². The molecule has 0 unspecified atom stereocenters. The van der Waals surface area contributed by atoms with Crippen LogP contribution >= 0.6 is 11.8 Å². The molecular weight excluding hydrogens is 250 g/mol. The summed E-state index contributed by atoms with van der Waals surface area (Å²) in [7, 11) is 1.82. The third kappa shape index (κ3) is 2.70. The molecule has 0 saturated carbocycles. The van der Waals surface area contributed by atoms with Crippen LogP contribution in [-0.2, 0) is 7.05 Å². The Hall–Kier alpha value is -1.82. The van der Waals surface area contributed by atoms with E-state index in [4.69, 9.17) is 0 Å². The molecule has 0 bridgehead atoms. The summed E-state index contributed by atoms with van der Waals surface area (Å²) in [5.74, 6) is 0.127. The quantitative estimate of drug-likeness (QED) is 0.673. The largest absolute Gasteiger partial charge is 0.507 e. The third-order valence-electron chi connectivity index (χ3n) is 2.46. The summed E-state index contributed by atoms with van der Waals surface area (Å²) in [6, 6.07) is 5.03. The van der Waals surface area contributed by atoms with Crippen LogP contribution in [-0.4, -0.2) is 31.4 Å². The van der Waals surface area contributed by atoms with E-state index in [2.05, 4.69) is 10.2 Å². The van der Waals surface area contributed by atoms with Gasteiger partial charge in [-0.15, -0.1) is 10.2 Å². The second kappa shape index (κ2) is 5.22. The minimum atomic E-state index is -0.125. The number of benzene rings is 1. The van der Waals surface area contributed by atoms with Crippen LogP contribution in [0.5, 0.6) is 5.75 Å². The molecular formula is C12H13N3O2S. The van der Waals surface area contributed by atoms with Gasteiger partial charge in [-0.1, -0.05) is 17.8 Å². The highest BCUT2D eigenvalue weighted by Crippen LogP contribution is 2.22. The first-order valence-electron chi connectivity index (χ1n) is 5.37. The molecule has 94 valence electrons. The standard InChI is InChI=1S/C12H13N3O2S/c1-8-3-4-9(10(16)5-8)11(17)6-18-12-14-13-7-15(12)2/h3-5,7,16H,6H2,1-2H3. The van der Waals surface area contributed by atoms with Crippen molar-refractivity contribution in [3.63, 3.8) is 0 Å². The van der Waals surface area contributed by atoms with Crippen molar-refractivity contribution in [3.05, 3.63) is 35.7 Å². The fourth-order valence-electron chi connectivity index (χ4n) is 1.49. The van der Waals surface area contributed by atoms with Crippen molar-refractivity contribution in [2.45, 2.75) is 12.1 Å². The molecule has 18 heavy (non-hydrogen) atoms. The molecule has 2 rings (SSSR count). The van der Waals surface area contributed by atoms with Crippen molar-refractivity contribution in [1.29, 1.82) is 0 Å². The monoisotopic (exact) mass is 263 g/mol. The summed E-state index contributed by atoms with van der Waals surface area (Å²) in [4.78, 5) is 11.9. The van der Waals surface area contributed by atoms with Gasteiger partial charge in [0.1, 0.15) is 12.1 Å². The molecule has 0 aliphatic heterocycles. The Morgan fingerprint density at radius 2 is 2.28 bits per heavy atom. The van der Waals surface area contributed by atoms with E-state index in [1.165, 1.54) is 11.8 Å². The molecule has 6 heteroatoms. The second-order valence-electron chi connectivity index (χ2n) is 3.96. The molecule has 2 aromatic rings. The normalized spacial score (nSPS) is 10.6. The number of phenols is 1. The van der Waals surface area contributed by atoms with Gasteiger partial charge < -0.3 is 9.67 Å². The Labute approximate surface area is 109 Å². The Morgan fingerprint density at radius 3 is 2.89 bits per heavy atom. The number of aromatic hydroxyl groups is 1. The highest BCUT2D eigenvalue weighted by molar-refractivity contribution is 7.99. The van der Waals surface area contributed by atoms with Gasteiger partial charge in [-0.3, -0.25) is 4.79 Å². The van der Waals surface area contributed by atoms with Gasteiger partial charge in [0.15, 0.2) is 10.9 Å². The predicted molar refractivity (Wildman–Crippen MR) is 68.9 cm³/mol. The van der Waals surface area contributed by atoms with Crippen LogP contribution in [0.25, 0.3) is 0 Å². The minimum Gasteiger partial charge on any atom is -0.507 e. The zero-order valence-electron chi connectivity index (χ0n) is 10.1. The Bertz CT molecular complexity index is 580. The molecule has 0 saturated heterocycles. The number of hydrogen-bond acceptors (Lipinski definition) is 5. The van der Waals surface area contributed by atoms with Crippen molar-refractivity contribution < 1.29 is 9.90 Å². The fourth-order valence-corrected chi connectivity index (χ4v) is 2.26. The number of Topliss-reactive ketones (excluding diaryl/α,β-unsaturated/α-hetero) is 1. The predicted octanol–water partition coefficient (Wildman–Crippen LogP) is 1.80. The van der Waals surface area contributed by atoms with Crippen molar-refractivity contribution in [3.8, 4) is 5.75 Å². The van der Waals surface area contributed by atoms with Gasteiger partial charge in [0, 0.05) is 7.05 Å². The van der Waals surface area contributed by atoms with Crippen molar-refractivity contribution in [2.75, 3.05) is 5.75 Å². The Balaban J connectivity index is 2.06. The van der Waals surface area contributed by atoms with E-state index in [9.17, 15) is 9.90 Å². The van der Waals surface area contributed by atoms with Crippen LogP contribution in [0.2, 0.25) is 0 Å². The number of hydrogen-bond donors (Lipinski definition) is 1. The Kier molecular flexibility index (Phi) is 3.66. The zero-order valence-corrected chi connectivity index (χ0v) is 10.9. The van der Waals surface area contributed by atoms with Gasteiger partial charge in [0.25, 0.3) is 0 Å². The van der Waals surface area contributed by atoms with E-state index in [0.717, 1.165) is 5.56 Å². The lowest BCUT2D eigenvalue weighted by Crippen LogP contribution is -2.04. The molecule has 0 aliphatic carbocycles. The number of aromatic nitrogens is 3. The smallest absolute Gasteiger partial charge is 0.191 e. The number of aryl methyl sites for hydroxylation is 2. The maximum atomic E-state index is 11.9. The summed E-state index contributed by atoms with van der Waals surface area (Å²) in [5.41, 5.74) is 1.26. The number of carbonyl (C=O) groups excluding carboxylic acids is 1. The van der Waals surface area contributed by atoms with Crippen molar-refractivity contribution in [2.24, 2.45) is 7.05 Å². The summed E-state index contributed by atoms with van der Waals surface area (Å²) in [6.07, 6.45) is 1.58. The molecule has 0 aliphatic rings. The first-order valence-corrected chi connectivity index (χ1v) is 6.36. The topological polar surface area (TPSA) is 68.0 Å². The van der Waals surface area contributed by atoms with Gasteiger partial charge >= 0.3 is 0 Å². The molecule has 0 amide bonds. The van der Waals surface area contributed by atoms with Crippen LogP contribution in [0, 0.1) is 6.92 Å². The van der Waals surface area contributed by atoms with Gasteiger partial charge in [0.2, 0.25) is 0 Å². The van der Waals surface area contributed by atoms with Gasteiger partial charge in [-0.05, 0) is 24.6 Å². The Morgan fingerprint density at radius 1 is 1.50 bits per heavy atom. The van der Waals surface area contributed by atoms with Crippen molar-refractivity contribution >= 4 is 17.5 Å². The number of ketones is 1. The molecule has 1 heterocycles. The highest BCUT2D eigenvalue weighted by Gasteiger charge is 2.13. The molecule has 0 spiro atoms. The SMILES string of the molecule is Cc1ccc(C(=O)CSc2nncn2C)c(O)c1. The number of carbonyl (C=O) groups is 1. The summed E-state index contributed by atoms with van der Waals surface area (Å²) >= 11 is 1.30. The molecule has 1 N–H and O–H groups in total. The number of phenolic OH excluding ortho intramolecular Hbond substituents is 1. The van der Waals surface area contributed by atoms with Gasteiger partial charge in [0.05, 0.1) is 11.3 Å². The molecule has 0 radical (unpaired) electrons. The maximum Gasteiger partial charge on any atom is 0.191 e. The van der Waals surface area contributed by atoms with E-state index < -0.39 is 0 Å². The van der Waals surface area contributed by atoms with E-state index in [0.29, 0.717) is 10.7 Å². The number of thioether (sulfide) groups is 1. The molecule has 5 nitrogen and oxygen atoms in total. The van der Waals surface area contributed by atoms with E-state index in [1.807, 2.05) is 14.0 Å². The maximum absolute atomic E-state index is 11.9. The van der Waals surface area contributed by atoms with Crippen LogP contribution in [0.15, 0.2) is 29.7 Å². The summed E-state index contributed by atoms with van der Waals surface area (Å²) in [6.45, 7) is 1.86. The molecule has 1 aromatic carbocycles. The average Bonchev–Trinajstić information content (AvgIpc) is 2.72.